The number of carbonyl (C=O) groups is 2. The van der Waals surface area contributed by atoms with Crippen molar-refractivity contribution in [3.63, 3.8) is 0 Å². The molecule has 0 radical (unpaired) electrons. The highest BCUT2D eigenvalue weighted by molar-refractivity contribution is 6.30. The number of methoxy groups -OCH3 is 1. The minimum Gasteiger partial charge on any atom is -0.497 e. The maximum Gasteiger partial charge on any atom is 0.271 e. The summed E-state index contributed by atoms with van der Waals surface area (Å²) in [6.07, 6.45) is 2.24. The number of benzene rings is 2. The summed E-state index contributed by atoms with van der Waals surface area (Å²) >= 11 is 5.93. The van der Waals surface area contributed by atoms with E-state index in [1.165, 1.54) is 4.90 Å². The molecule has 0 saturated carbocycles. The van der Waals surface area contributed by atoms with Crippen LogP contribution in [-0.4, -0.2) is 49.1 Å². The van der Waals surface area contributed by atoms with E-state index in [0.29, 0.717) is 35.3 Å². The average molecular weight is 415 g/mol. The predicted octanol–water partition coefficient (Wildman–Crippen LogP) is 3.52. The molecule has 0 unspecified atom stereocenters. The van der Waals surface area contributed by atoms with Crippen LogP contribution in [0.1, 0.15) is 19.3 Å². The summed E-state index contributed by atoms with van der Waals surface area (Å²) in [6, 6.07) is 13.2. The molecule has 0 bridgehead atoms. The number of ether oxygens (including phenoxy) is 2. The number of amides is 2. The summed E-state index contributed by atoms with van der Waals surface area (Å²) in [4.78, 5) is 29.6. The summed E-state index contributed by atoms with van der Waals surface area (Å²) in [5.74, 6) is 0.896. The van der Waals surface area contributed by atoms with Gasteiger partial charge in [0.25, 0.3) is 5.91 Å². The molecule has 0 aliphatic carbocycles. The molecule has 0 aromatic heterocycles. The van der Waals surface area contributed by atoms with Crippen LogP contribution in [0.2, 0.25) is 5.02 Å². The molecule has 2 atom stereocenters. The van der Waals surface area contributed by atoms with E-state index in [-0.39, 0.29) is 11.8 Å². The fourth-order valence-electron chi connectivity index (χ4n) is 3.81. The number of hydrogen-bond acceptors (Lipinski definition) is 4. The van der Waals surface area contributed by atoms with Crippen LogP contribution in [0, 0.1) is 0 Å². The minimum atomic E-state index is -0.854. The van der Waals surface area contributed by atoms with Gasteiger partial charge in [-0.1, -0.05) is 11.6 Å². The van der Waals surface area contributed by atoms with Gasteiger partial charge in [0.2, 0.25) is 12.0 Å². The molecule has 0 spiro atoms. The lowest BCUT2D eigenvalue weighted by Crippen LogP contribution is -2.72. The fourth-order valence-corrected chi connectivity index (χ4v) is 3.94. The van der Waals surface area contributed by atoms with Crippen molar-refractivity contribution in [2.45, 2.75) is 31.4 Å². The lowest BCUT2D eigenvalue weighted by atomic mass is 9.94. The van der Waals surface area contributed by atoms with Crippen molar-refractivity contribution in [3.8, 4) is 11.5 Å². The van der Waals surface area contributed by atoms with Crippen LogP contribution in [0.25, 0.3) is 0 Å². The summed E-state index contributed by atoms with van der Waals surface area (Å²) in [5, 5.41) is 0.582. The third kappa shape index (κ3) is 3.90. The predicted molar refractivity (Wildman–Crippen MR) is 111 cm³/mol. The Bertz CT molecular complexity index is 879. The van der Waals surface area contributed by atoms with Crippen molar-refractivity contribution in [1.29, 1.82) is 0 Å². The highest BCUT2D eigenvalue weighted by Gasteiger charge is 2.55. The van der Waals surface area contributed by atoms with Gasteiger partial charge in [-0.25, -0.2) is 0 Å². The van der Waals surface area contributed by atoms with Crippen LogP contribution >= 0.6 is 11.6 Å². The van der Waals surface area contributed by atoms with Crippen LogP contribution < -0.4 is 14.4 Å². The highest BCUT2D eigenvalue weighted by atomic mass is 35.5. The molecule has 2 heterocycles. The smallest absolute Gasteiger partial charge is 0.271 e. The average Bonchev–Trinajstić information content (AvgIpc) is 2.77. The number of carbonyl (C=O) groups excluding carboxylic acids is 2. The van der Waals surface area contributed by atoms with E-state index < -0.39 is 12.1 Å². The molecule has 4 rings (SSSR count). The first-order valence-corrected chi connectivity index (χ1v) is 10.1. The van der Waals surface area contributed by atoms with Gasteiger partial charge in [0.1, 0.15) is 11.5 Å². The normalized spacial score (nSPS) is 21.5. The van der Waals surface area contributed by atoms with Crippen LogP contribution in [0.4, 0.5) is 5.69 Å². The molecule has 2 amide bonds. The summed E-state index contributed by atoms with van der Waals surface area (Å²) in [6.45, 7) is 1.43. The van der Waals surface area contributed by atoms with Crippen molar-refractivity contribution < 1.29 is 19.1 Å². The van der Waals surface area contributed by atoms with Gasteiger partial charge in [-0.3, -0.25) is 14.5 Å². The zero-order valence-electron chi connectivity index (χ0n) is 16.2. The van der Waals surface area contributed by atoms with Crippen molar-refractivity contribution in [2.75, 3.05) is 25.1 Å². The Kier molecular flexibility index (Phi) is 5.62. The molecule has 7 heteroatoms. The zero-order valence-corrected chi connectivity index (χ0v) is 17.0. The molecular weight excluding hydrogens is 392 g/mol. The fraction of sp³-hybridized carbons (Fsp3) is 0.364. The third-order valence-electron chi connectivity index (χ3n) is 5.39. The van der Waals surface area contributed by atoms with E-state index in [2.05, 4.69) is 0 Å². The number of rotatable bonds is 5. The monoisotopic (exact) mass is 414 g/mol. The Balaban J connectivity index is 1.60. The number of nitrogens with zero attached hydrogens (tertiary/aromatic N) is 2. The van der Waals surface area contributed by atoms with Crippen LogP contribution in [0.3, 0.4) is 0 Å². The summed E-state index contributed by atoms with van der Waals surface area (Å²) < 4.78 is 11.1. The van der Waals surface area contributed by atoms with Gasteiger partial charge in [0.05, 0.1) is 7.11 Å². The lowest BCUT2D eigenvalue weighted by molar-refractivity contribution is -0.148. The van der Waals surface area contributed by atoms with Gasteiger partial charge in [-0.05, 0) is 67.8 Å². The number of halogens is 1. The Morgan fingerprint density at radius 3 is 2.21 bits per heavy atom. The number of β-lactam (4-membered cyclic amide) rings is 1. The van der Waals surface area contributed by atoms with E-state index >= 15 is 0 Å². The molecule has 0 N–H and O–H groups in total. The van der Waals surface area contributed by atoms with Gasteiger partial charge in [0.15, 0.2) is 6.04 Å². The first kappa shape index (κ1) is 19.6. The SMILES string of the molecule is COc1ccc(N2C(=O)[C@@H](Oc3ccc(Cl)cc3)[C@H]2C(=O)N2CCCCC2)cc1. The van der Waals surface area contributed by atoms with Gasteiger partial charge in [0, 0.05) is 23.8 Å². The number of piperidine rings is 1. The molecule has 2 aliphatic rings. The molecule has 2 saturated heterocycles. The van der Waals surface area contributed by atoms with E-state index in [9.17, 15) is 9.59 Å². The molecule has 152 valence electrons. The maximum atomic E-state index is 13.3. The minimum absolute atomic E-state index is 0.0703. The van der Waals surface area contributed by atoms with Crippen LogP contribution in [0.5, 0.6) is 11.5 Å². The Morgan fingerprint density at radius 1 is 0.966 bits per heavy atom. The second-order valence-corrected chi connectivity index (χ2v) is 7.67. The van der Waals surface area contributed by atoms with E-state index in [1.54, 1.807) is 55.6 Å². The third-order valence-corrected chi connectivity index (χ3v) is 5.65. The van der Waals surface area contributed by atoms with Gasteiger partial charge in [-0.15, -0.1) is 0 Å². The quantitative estimate of drug-likeness (QED) is 0.702. The number of hydrogen-bond donors (Lipinski definition) is 0. The standard InChI is InChI=1S/C22H23ClN2O4/c1-28-17-11-7-16(8-12-17)25-19(21(26)24-13-3-2-4-14-24)20(22(25)27)29-18-9-5-15(23)6-10-18/h5-12,19-20H,2-4,13-14H2,1H3/t19-,20-/m0/s1. The van der Waals surface area contributed by atoms with Crippen molar-refractivity contribution in [1.82, 2.24) is 4.90 Å². The Morgan fingerprint density at radius 2 is 1.59 bits per heavy atom. The van der Waals surface area contributed by atoms with Gasteiger partial charge in [-0.2, -0.15) is 0 Å². The van der Waals surface area contributed by atoms with E-state index in [4.69, 9.17) is 21.1 Å². The summed E-state index contributed by atoms with van der Waals surface area (Å²) in [5.41, 5.74) is 0.655. The van der Waals surface area contributed by atoms with E-state index in [1.807, 2.05) is 4.90 Å². The van der Waals surface area contributed by atoms with Gasteiger partial charge >= 0.3 is 0 Å². The topological polar surface area (TPSA) is 59.1 Å². The lowest BCUT2D eigenvalue weighted by Gasteiger charge is -2.47. The molecular formula is C22H23ClN2O4. The molecule has 2 aromatic carbocycles. The molecule has 2 fully saturated rings. The van der Waals surface area contributed by atoms with Crippen molar-refractivity contribution in [2.24, 2.45) is 0 Å². The summed E-state index contributed by atoms with van der Waals surface area (Å²) in [7, 11) is 1.59. The van der Waals surface area contributed by atoms with Crippen molar-refractivity contribution >= 4 is 29.1 Å². The Labute approximate surface area is 174 Å². The molecule has 2 aliphatic heterocycles. The van der Waals surface area contributed by atoms with E-state index in [0.717, 1.165) is 19.3 Å². The first-order chi connectivity index (χ1) is 14.1. The maximum absolute atomic E-state index is 13.3. The highest BCUT2D eigenvalue weighted by Crippen LogP contribution is 2.34. The largest absolute Gasteiger partial charge is 0.497 e. The second-order valence-electron chi connectivity index (χ2n) is 7.23. The Hall–Kier alpha value is -2.73. The van der Waals surface area contributed by atoms with Gasteiger partial charge < -0.3 is 14.4 Å². The molecule has 29 heavy (non-hydrogen) atoms. The number of likely N-dealkylation sites (tertiary alicyclic amines) is 1. The second kappa shape index (κ2) is 8.33. The molecule has 6 nitrogen and oxygen atoms in total. The number of anilines is 1. The van der Waals surface area contributed by atoms with Crippen molar-refractivity contribution in [3.05, 3.63) is 53.6 Å². The van der Waals surface area contributed by atoms with Crippen LogP contribution in [-0.2, 0) is 9.59 Å². The first-order valence-electron chi connectivity index (χ1n) is 9.76. The van der Waals surface area contributed by atoms with Crippen LogP contribution in [0.15, 0.2) is 48.5 Å². The zero-order chi connectivity index (χ0) is 20.4. The molecule has 2 aromatic rings.